The Bertz CT molecular complexity index is 616. The van der Waals surface area contributed by atoms with Gasteiger partial charge in [0.1, 0.15) is 12.4 Å². The van der Waals surface area contributed by atoms with Crippen molar-refractivity contribution in [3.8, 4) is 5.95 Å². The zero-order valence-electron chi connectivity index (χ0n) is 12.0. The lowest BCUT2D eigenvalue weighted by molar-refractivity contribution is -0.130. The van der Waals surface area contributed by atoms with E-state index in [4.69, 9.17) is 11.6 Å². The smallest absolute Gasteiger partial charge is 0.244 e. The Labute approximate surface area is 127 Å². The molecule has 0 radical (unpaired) electrons. The van der Waals surface area contributed by atoms with E-state index in [1.54, 1.807) is 42.2 Å². The molecule has 0 saturated heterocycles. The number of carbonyl (C=O) groups excluding carboxylic acids is 1. The normalized spacial score (nSPS) is 12.0. The largest absolute Gasteiger partial charge is 0.344 e. The molecular formula is C12H16ClN7O. The Morgan fingerprint density at radius 2 is 2.24 bits per heavy atom. The van der Waals surface area contributed by atoms with Crippen molar-refractivity contribution >= 4 is 23.5 Å². The van der Waals surface area contributed by atoms with Crippen LogP contribution in [0, 0.1) is 0 Å². The average Bonchev–Trinajstić information content (AvgIpc) is 2.99. The minimum atomic E-state index is -0.468. The number of hydrogen-bond donors (Lipinski definition) is 1. The van der Waals surface area contributed by atoms with Gasteiger partial charge in [0.05, 0.1) is 0 Å². The fraction of sp³-hybridized carbons (Fsp3) is 0.417. The highest BCUT2D eigenvalue weighted by Crippen LogP contribution is 2.10. The maximum Gasteiger partial charge on any atom is 0.244 e. The van der Waals surface area contributed by atoms with Crippen LogP contribution in [-0.4, -0.2) is 54.9 Å². The highest BCUT2D eigenvalue weighted by atomic mass is 35.5. The topological polar surface area (TPSA) is 88.8 Å². The number of halogens is 1. The average molecular weight is 310 g/mol. The predicted molar refractivity (Wildman–Crippen MR) is 78.4 cm³/mol. The van der Waals surface area contributed by atoms with Gasteiger partial charge in [-0.05, 0) is 25.4 Å². The summed E-state index contributed by atoms with van der Waals surface area (Å²) in [6.45, 7) is 4.27. The lowest BCUT2D eigenvalue weighted by Crippen LogP contribution is -2.39. The number of carbonyl (C=O) groups is 1. The zero-order chi connectivity index (χ0) is 15.4. The van der Waals surface area contributed by atoms with E-state index < -0.39 is 6.04 Å². The second-order valence-corrected chi connectivity index (χ2v) is 4.75. The first-order valence-corrected chi connectivity index (χ1v) is 6.80. The number of rotatable bonds is 5. The van der Waals surface area contributed by atoms with Gasteiger partial charge in [-0.3, -0.25) is 9.36 Å². The van der Waals surface area contributed by atoms with Gasteiger partial charge < -0.3 is 10.2 Å². The Morgan fingerprint density at radius 1 is 1.48 bits per heavy atom. The monoisotopic (exact) mass is 309 g/mol. The summed E-state index contributed by atoms with van der Waals surface area (Å²) in [5.74, 6) is 0.515. The number of nitrogens with one attached hydrogen (secondary N) is 1. The summed E-state index contributed by atoms with van der Waals surface area (Å²) in [4.78, 5) is 29.8. The van der Waals surface area contributed by atoms with Crippen molar-refractivity contribution in [1.29, 1.82) is 0 Å². The maximum absolute atomic E-state index is 12.0. The van der Waals surface area contributed by atoms with E-state index in [0.717, 1.165) is 0 Å². The van der Waals surface area contributed by atoms with Crippen molar-refractivity contribution in [2.75, 3.05) is 18.9 Å². The molecule has 0 aromatic carbocycles. The Morgan fingerprint density at radius 3 is 2.86 bits per heavy atom. The number of imidazole rings is 1. The highest BCUT2D eigenvalue weighted by Gasteiger charge is 2.18. The van der Waals surface area contributed by atoms with E-state index in [2.05, 4.69) is 25.3 Å². The number of nitrogens with zero attached hydrogens (tertiary/aromatic N) is 6. The number of anilines is 1. The predicted octanol–water partition coefficient (Wildman–Crippen LogP) is 0.989. The maximum atomic E-state index is 12.0. The number of amides is 1. The number of aromatic nitrogens is 5. The molecule has 2 aromatic heterocycles. The van der Waals surface area contributed by atoms with Crippen LogP contribution >= 0.6 is 11.6 Å². The van der Waals surface area contributed by atoms with Crippen LogP contribution in [0.15, 0.2) is 18.7 Å². The summed E-state index contributed by atoms with van der Waals surface area (Å²) in [5, 5.41) is 2.97. The van der Waals surface area contributed by atoms with E-state index >= 15 is 0 Å². The molecule has 0 fully saturated rings. The van der Waals surface area contributed by atoms with E-state index in [0.29, 0.717) is 12.5 Å². The fourth-order valence-electron chi connectivity index (χ4n) is 1.64. The van der Waals surface area contributed by atoms with Crippen molar-refractivity contribution < 1.29 is 4.79 Å². The van der Waals surface area contributed by atoms with Gasteiger partial charge in [-0.2, -0.15) is 15.0 Å². The molecule has 1 unspecified atom stereocenters. The van der Waals surface area contributed by atoms with Crippen LogP contribution in [0.25, 0.3) is 5.95 Å². The molecule has 0 spiro atoms. The molecule has 0 aliphatic carbocycles. The van der Waals surface area contributed by atoms with Crippen LogP contribution in [0.3, 0.4) is 0 Å². The summed E-state index contributed by atoms with van der Waals surface area (Å²) >= 11 is 5.89. The van der Waals surface area contributed by atoms with Gasteiger partial charge in [0.15, 0.2) is 0 Å². The van der Waals surface area contributed by atoms with Gasteiger partial charge >= 0.3 is 0 Å². The molecule has 21 heavy (non-hydrogen) atoms. The van der Waals surface area contributed by atoms with Gasteiger partial charge in [-0.15, -0.1) is 0 Å². The Balaban J connectivity index is 2.19. The molecule has 1 amide bonds. The van der Waals surface area contributed by atoms with E-state index in [9.17, 15) is 4.79 Å². The second kappa shape index (κ2) is 6.49. The Kier molecular flexibility index (Phi) is 4.69. The van der Waals surface area contributed by atoms with Gasteiger partial charge in [0.25, 0.3) is 0 Å². The number of likely N-dealkylation sites (N-methyl/N-ethyl adjacent to an activating group) is 1. The lowest BCUT2D eigenvalue weighted by Gasteiger charge is -2.20. The first-order chi connectivity index (χ1) is 10.0. The highest BCUT2D eigenvalue weighted by molar-refractivity contribution is 6.28. The molecule has 0 aliphatic rings. The quantitative estimate of drug-likeness (QED) is 0.886. The van der Waals surface area contributed by atoms with Gasteiger partial charge in [-0.1, -0.05) is 0 Å². The third-order valence-corrected chi connectivity index (χ3v) is 3.07. The molecule has 0 aliphatic heterocycles. The van der Waals surface area contributed by atoms with Crippen molar-refractivity contribution in [1.82, 2.24) is 29.4 Å². The fourth-order valence-corrected chi connectivity index (χ4v) is 1.79. The third-order valence-electron chi connectivity index (χ3n) is 2.90. The molecule has 9 heteroatoms. The van der Waals surface area contributed by atoms with Gasteiger partial charge in [0.2, 0.25) is 23.1 Å². The molecule has 0 saturated carbocycles. The molecular weight excluding hydrogens is 294 g/mol. The molecule has 8 nitrogen and oxygen atoms in total. The van der Waals surface area contributed by atoms with Gasteiger partial charge in [0, 0.05) is 26.0 Å². The van der Waals surface area contributed by atoms with E-state index in [1.165, 1.54) is 0 Å². The lowest BCUT2D eigenvalue weighted by atomic mass is 10.3. The van der Waals surface area contributed by atoms with E-state index in [1.807, 2.05) is 6.92 Å². The van der Waals surface area contributed by atoms with Crippen LogP contribution < -0.4 is 5.32 Å². The minimum absolute atomic E-state index is 0.0414. The van der Waals surface area contributed by atoms with Crippen LogP contribution in [0.4, 0.5) is 5.95 Å². The summed E-state index contributed by atoms with van der Waals surface area (Å²) < 4.78 is 1.60. The molecule has 0 bridgehead atoms. The zero-order valence-corrected chi connectivity index (χ0v) is 12.7. The Hall–Kier alpha value is -2.22. The van der Waals surface area contributed by atoms with Crippen molar-refractivity contribution in [3.05, 3.63) is 24.0 Å². The molecule has 112 valence electrons. The van der Waals surface area contributed by atoms with Crippen LogP contribution in [-0.2, 0) is 4.79 Å². The van der Waals surface area contributed by atoms with Gasteiger partial charge in [-0.25, -0.2) is 4.98 Å². The van der Waals surface area contributed by atoms with Crippen LogP contribution in [0.5, 0.6) is 0 Å². The van der Waals surface area contributed by atoms with E-state index in [-0.39, 0.29) is 17.1 Å². The minimum Gasteiger partial charge on any atom is -0.344 e. The summed E-state index contributed by atoms with van der Waals surface area (Å²) in [5.41, 5.74) is 0. The summed E-state index contributed by atoms with van der Waals surface area (Å²) in [6.07, 6.45) is 4.84. The van der Waals surface area contributed by atoms with Crippen LogP contribution in [0.2, 0.25) is 5.28 Å². The summed E-state index contributed by atoms with van der Waals surface area (Å²) in [7, 11) is 1.73. The van der Waals surface area contributed by atoms with Crippen molar-refractivity contribution in [2.24, 2.45) is 0 Å². The SMILES string of the molecule is CCN(C)C(=O)C(C)Nc1nc(Cl)nc(-n2ccnc2)n1. The first kappa shape index (κ1) is 15.2. The summed E-state index contributed by atoms with van der Waals surface area (Å²) in [6, 6.07) is -0.468. The molecule has 1 atom stereocenters. The standard InChI is InChI=1S/C12H16ClN7O/c1-4-19(3)9(21)8(2)15-11-16-10(13)17-12(18-11)20-6-5-14-7-20/h5-8H,4H2,1-3H3,(H,15,16,17,18). The third kappa shape index (κ3) is 3.66. The molecule has 2 aromatic rings. The second-order valence-electron chi connectivity index (χ2n) is 4.42. The number of hydrogen-bond acceptors (Lipinski definition) is 6. The molecule has 2 heterocycles. The molecule has 1 N–H and O–H groups in total. The first-order valence-electron chi connectivity index (χ1n) is 6.42. The van der Waals surface area contributed by atoms with Crippen molar-refractivity contribution in [2.45, 2.75) is 19.9 Å². The molecule has 2 rings (SSSR count). The van der Waals surface area contributed by atoms with Crippen LogP contribution in [0.1, 0.15) is 13.8 Å². The van der Waals surface area contributed by atoms with Crippen molar-refractivity contribution in [3.63, 3.8) is 0 Å².